The number of carbonyl (C=O) groups excluding carboxylic acids is 1. The van der Waals surface area contributed by atoms with Gasteiger partial charge in [0.1, 0.15) is 11.3 Å². The number of urea groups is 1. The van der Waals surface area contributed by atoms with Crippen LogP contribution in [0.3, 0.4) is 0 Å². The quantitative estimate of drug-likeness (QED) is 0.720. The number of hydrogen-bond acceptors (Lipinski definition) is 6. The zero-order valence-electron chi connectivity index (χ0n) is 13.5. The molecule has 8 nitrogen and oxygen atoms in total. The highest BCUT2D eigenvalue weighted by Gasteiger charge is 2.09. The normalized spacial score (nSPS) is 10.9. The van der Waals surface area contributed by atoms with E-state index in [1.54, 1.807) is 13.2 Å². The van der Waals surface area contributed by atoms with Crippen LogP contribution in [0.5, 0.6) is 0 Å². The molecule has 0 radical (unpaired) electrons. The summed E-state index contributed by atoms with van der Waals surface area (Å²) in [5.41, 5.74) is 1.46. The van der Waals surface area contributed by atoms with E-state index in [1.807, 2.05) is 25.1 Å². The highest BCUT2D eigenvalue weighted by atomic mass is 16.5. The summed E-state index contributed by atoms with van der Waals surface area (Å²) in [4.78, 5) is 16.1. The fourth-order valence-electron chi connectivity index (χ4n) is 2.24. The Morgan fingerprint density at radius 1 is 1.33 bits per heavy atom. The number of carbonyl (C=O) groups is 1. The lowest BCUT2D eigenvalue weighted by molar-refractivity contribution is 0.192. The van der Waals surface area contributed by atoms with E-state index in [0.717, 1.165) is 16.7 Å². The maximum atomic E-state index is 12.0. The van der Waals surface area contributed by atoms with Crippen LogP contribution in [-0.2, 0) is 17.7 Å². The summed E-state index contributed by atoms with van der Waals surface area (Å²) in [6, 6.07) is 7.01. The molecule has 24 heavy (non-hydrogen) atoms. The van der Waals surface area contributed by atoms with Crippen LogP contribution >= 0.6 is 0 Å². The standard InChI is InChI=1S/C16H18N4O4/c1-10-7-11-8-12(3-4-13(11)23-10)18-16(21)17-9-14-19-15(24-20-14)5-6-22-2/h3-4,7-8H,5-6,9H2,1-2H3,(H2,17,18,21). The fraction of sp³-hybridized carbons (Fsp3) is 0.312. The number of nitrogens with one attached hydrogen (secondary N) is 2. The van der Waals surface area contributed by atoms with E-state index < -0.39 is 0 Å². The third kappa shape index (κ3) is 3.90. The van der Waals surface area contributed by atoms with Gasteiger partial charge in [-0.1, -0.05) is 5.16 Å². The lowest BCUT2D eigenvalue weighted by Crippen LogP contribution is -2.28. The molecule has 126 valence electrons. The average molecular weight is 330 g/mol. The van der Waals surface area contributed by atoms with Crippen LogP contribution in [0.25, 0.3) is 11.0 Å². The number of methoxy groups -OCH3 is 1. The Labute approximate surface area is 138 Å². The molecule has 0 bridgehead atoms. The molecule has 0 fully saturated rings. The summed E-state index contributed by atoms with van der Waals surface area (Å²) < 4.78 is 15.5. The largest absolute Gasteiger partial charge is 0.461 e. The third-order valence-electron chi connectivity index (χ3n) is 3.33. The highest BCUT2D eigenvalue weighted by molar-refractivity contribution is 5.92. The van der Waals surface area contributed by atoms with Crippen molar-refractivity contribution in [3.8, 4) is 0 Å². The number of amides is 2. The molecule has 0 aliphatic rings. The molecule has 0 unspecified atom stereocenters. The van der Waals surface area contributed by atoms with Crippen LogP contribution in [0.4, 0.5) is 10.5 Å². The zero-order chi connectivity index (χ0) is 16.9. The smallest absolute Gasteiger partial charge is 0.319 e. The number of furan rings is 1. The van der Waals surface area contributed by atoms with Crippen LogP contribution in [-0.4, -0.2) is 29.9 Å². The van der Waals surface area contributed by atoms with Gasteiger partial charge in [-0.3, -0.25) is 0 Å². The fourth-order valence-corrected chi connectivity index (χ4v) is 2.24. The monoisotopic (exact) mass is 330 g/mol. The number of fused-ring (bicyclic) bond motifs is 1. The first-order valence-electron chi connectivity index (χ1n) is 7.49. The lowest BCUT2D eigenvalue weighted by Gasteiger charge is -2.05. The Morgan fingerprint density at radius 2 is 2.21 bits per heavy atom. The topological polar surface area (TPSA) is 102 Å². The van der Waals surface area contributed by atoms with Gasteiger partial charge in [-0.15, -0.1) is 0 Å². The Morgan fingerprint density at radius 3 is 3.04 bits per heavy atom. The predicted molar refractivity (Wildman–Crippen MR) is 86.7 cm³/mol. The molecule has 2 amide bonds. The first-order valence-corrected chi connectivity index (χ1v) is 7.49. The van der Waals surface area contributed by atoms with Crippen molar-refractivity contribution < 1.29 is 18.5 Å². The highest BCUT2D eigenvalue weighted by Crippen LogP contribution is 2.22. The van der Waals surface area contributed by atoms with E-state index >= 15 is 0 Å². The number of nitrogens with zero attached hydrogens (tertiary/aromatic N) is 2. The maximum absolute atomic E-state index is 12.0. The van der Waals surface area contributed by atoms with Crippen LogP contribution in [0.1, 0.15) is 17.5 Å². The van der Waals surface area contributed by atoms with Crippen molar-refractivity contribution in [2.75, 3.05) is 19.0 Å². The molecule has 0 aliphatic carbocycles. The van der Waals surface area contributed by atoms with Gasteiger partial charge in [-0.2, -0.15) is 4.98 Å². The minimum atomic E-state index is -0.349. The lowest BCUT2D eigenvalue weighted by atomic mass is 10.2. The molecular weight excluding hydrogens is 312 g/mol. The van der Waals surface area contributed by atoms with Crippen molar-refractivity contribution in [1.29, 1.82) is 0 Å². The molecular formula is C16H18N4O4. The molecule has 0 spiro atoms. The summed E-state index contributed by atoms with van der Waals surface area (Å²) in [5.74, 6) is 1.72. The van der Waals surface area contributed by atoms with Crippen molar-refractivity contribution in [3.63, 3.8) is 0 Å². The molecule has 0 atom stereocenters. The minimum absolute atomic E-state index is 0.176. The van der Waals surface area contributed by atoms with E-state index in [1.165, 1.54) is 0 Å². The molecule has 2 aromatic heterocycles. The molecule has 3 aromatic rings. The molecule has 0 saturated heterocycles. The second-order valence-corrected chi connectivity index (χ2v) is 5.26. The summed E-state index contributed by atoms with van der Waals surface area (Å²) in [6.07, 6.45) is 0.541. The van der Waals surface area contributed by atoms with E-state index in [0.29, 0.717) is 30.4 Å². The van der Waals surface area contributed by atoms with Crippen LogP contribution < -0.4 is 10.6 Å². The van der Waals surface area contributed by atoms with Gasteiger partial charge in [0.25, 0.3) is 0 Å². The number of hydrogen-bond donors (Lipinski definition) is 2. The van der Waals surface area contributed by atoms with Gasteiger partial charge in [0.05, 0.1) is 19.6 Å². The SMILES string of the molecule is COCCc1nc(CNC(=O)Nc2ccc3oc(C)cc3c2)no1. The third-order valence-corrected chi connectivity index (χ3v) is 3.33. The molecule has 0 saturated carbocycles. The Bertz CT molecular complexity index is 840. The molecule has 3 rings (SSSR count). The van der Waals surface area contributed by atoms with Crippen molar-refractivity contribution in [2.24, 2.45) is 0 Å². The molecule has 0 aliphatic heterocycles. The van der Waals surface area contributed by atoms with Crippen molar-refractivity contribution in [3.05, 3.63) is 41.7 Å². The molecule has 8 heteroatoms. The molecule has 1 aromatic carbocycles. The summed E-state index contributed by atoms with van der Waals surface area (Å²) in [7, 11) is 1.60. The van der Waals surface area contributed by atoms with Gasteiger partial charge in [0.15, 0.2) is 5.82 Å². The van der Waals surface area contributed by atoms with Gasteiger partial charge in [-0.05, 0) is 31.2 Å². The molecule has 2 heterocycles. The second-order valence-electron chi connectivity index (χ2n) is 5.26. The van der Waals surface area contributed by atoms with Crippen LogP contribution in [0.2, 0.25) is 0 Å². The maximum Gasteiger partial charge on any atom is 0.319 e. The first-order chi connectivity index (χ1) is 11.6. The van der Waals surface area contributed by atoms with Gasteiger partial charge in [-0.25, -0.2) is 4.79 Å². The van der Waals surface area contributed by atoms with Crippen LogP contribution in [0, 0.1) is 6.92 Å². The summed E-state index contributed by atoms with van der Waals surface area (Å²) >= 11 is 0. The van der Waals surface area contributed by atoms with E-state index in [9.17, 15) is 4.79 Å². The number of rotatable bonds is 6. The molecule has 2 N–H and O–H groups in total. The Kier molecular flexibility index (Phi) is 4.76. The number of anilines is 1. The number of aromatic nitrogens is 2. The minimum Gasteiger partial charge on any atom is -0.461 e. The number of ether oxygens (including phenoxy) is 1. The number of benzene rings is 1. The van der Waals surface area contributed by atoms with Gasteiger partial charge >= 0.3 is 6.03 Å². The van der Waals surface area contributed by atoms with Crippen molar-refractivity contribution >= 4 is 22.7 Å². The Balaban J connectivity index is 1.53. The van der Waals surface area contributed by atoms with E-state index in [4.69, 9.17) is 13.7 Å². The predicted octanol–water partition coefficient (Wildman–Crippen LogP) is 2.63. The number of aryl methyl sites for hydroxylation is 1. The average Bonchev–Trinajstić information content (AvgIpc) is 3.16. The summed E-state index contributed by atoms with van der Waals surface area (Å²) in [5, 5.41) is 10.2. The van der Waals surface area contributed by atoms with Crippen molar-refractivity contribution in [2.45, 2.75) is 19.9 Å². The van der Waals surface area contributed by atoms with E-state index in [2.05, 4.69) is 20.8 Å². The van der Waals surface area contributed by atoms with Gasteiger partial charge in [0.2, 0.25) is 5.89 Å². The van der Waals surface area contributed by atoms with E-state index in [-0.39, 0.29) is 12.6 Å². The van der Waals surface area contributed by atoms with Gasteiger partial charge in [0, 0.05) is 18.2 Å². The zero-order valence-corrected chi connectivity index (χ0v) is 13.5. The first kappa shape index (κ1) is 16.0. The van der Waals surface area contributed by atoms with Crippen LogP contribution in [0.15, 0.2) is 33.2 Å². The second kappa shape index (κ2) is 7.14. The Hall–Kier alpha value is -2.87. The van der Waals surface area contributed by atoms with Crippen molar-refractivity contribution in [1.82, 2.24) is 15.5 Å². The van der Waals surface area contributed by atoms with Gasteiger partial charge < -0.3 is 24.3 Å². The summed E-state index contributed by atoms with van der Waals surface area (Å²) in [6.45, 7) is 2.56.